The minimum absolute atomic E-state index is 0.597. The van der Waals surface area contributed by atoms with Crippen LogP contribution in [0.2, 0.25) is 0 Å². The fourth-order valence-electron chi connectivity index (χ4n) is 2.69. The number of hydrogen-bond donors (Lipinski definition) is 1. The molecule has 0 aliphatic heterocycles. The van der Waals surface area contributed by atoms with Crippen molar-refractivity contribution < 1.29 is 0 Å². The molecule has 20 heavy (non-hydrogen) atoms. The largest absolute Gasteiger partial charge is 0.330 e. The van der Waals surface area contributed by atoms with Crippen LogP contribution in [0.4, 0.5) is 0 Å². The first kappa shape index (κ1) is 14.8. The third-order valence-corrected chi connectivity index (χ3v) is 4.02. The Balaban J connectivity index is 1.82. The van der Waals surface area contributed by atoms with Gasteiger partial charge >= 0.3 is 0 Å². The Morgan fingerprint density at radius 2 is 1.65 bits per heavy atom. The van der Waals surface area contributed by atoms with Crippen LogP contribution in [-0.2, 0) is 12.8 Å². The Kier molecular flexibility index (Phi) is 5.82. The molecule has 0 spiro atoms. The van der Waals surface area contributed by atoms with Crippen LogP contribution < -0.4 is 5.73 Å². The van der Waals surface area contributed by atoms with E-state index < -0.39 is 0 Å². The first-order valence-corrected chi connectivity index (χ1v) is 7.58. The summed E-state index contributed by atoms with van der Waals surface area (Å²) in [5, 5.41) is 0. The van der Waals surface area contributed by atoms with Gasteiger partial charge in [0.1, 0.15) is 0 Å². The van der Waals surface area contributed by atoms with Gasteiger partial charge in [0.25, 0.3) is 0 Å². The molecule has 1 nitrogen and oxygen atoms in total. The highest BCUT2D eigenvalue weighted by atomic mass is 14.5. The molecule has 0 heterocycles. The number of aryl methyl sites for hydroxylation is 2. The molecule has 2 N–H and O–H groups in total. The van der Waals surface area contributed by atoms with Gasteiger partial charge in [-0.25, -0.2) is 0 Å². The maximum Gasteiger partial charge on any atom is -0.00457 e. The van der Waals surface area contributed by atoms with E-state index in [2.05, 4.69) is 61.5 Å². The highest BCUT2D eigenvalue weighted by Gasteiger charge is 2.09. The maximum absolute atomic E-state index is 5.95. The zero-order chi connectivity index (χ0) is 14.2. The van der Waals surface area contributed by atoms with E-state index in [1.54, 1.807) is 0 Å². The smallest absolute Gasteiger partial charge is 0.00457 e. The normalized spacial score (nSPS) is 12.3. The standard InChI is InChI=1S/C19H25N/c1-16-8-5-6-13-19(16)14-18(15-20)12-7-11-17-9-3-2-4-10-17/h2-6,8-10,13,18H,7,11-12,14-15,20H2,1H3. The summed E-state index contributed by atoms with van der Waals surface area (Å²) in [5.41, 5.74) is 10.2. The minimum atomic E-state index is 0.597. The second-order valence-electron chi connectivity index (χ2n) is 5.61. The lowest BCUT2D eigenvalue weighted by atomic mass is 9.91. The van der Waals surface area contributed by atoms with Crippen LogP contribution in [0, 0.1) is 12.8 Å². The van der Waals surface area contributed by atoms with Crippen molar-refractivity contribution in [1.82, 2.24) is 0 Å². The second kappa shape index (κ2) is 7.86. The van der Waals surface area contributed by atoms with Crippen molar-refractivity contribution in [2.45, 2.75) is 32.6 Å². The van der Waals surface area contributed by atoms with Gasteiger partial charge in [-0.3, -0.25) is 0 Å². The lowest BCUT2D eigenvalue weighted by molar-refractivity contribution is 0.475. The molecule has 1 atom stereocenters. The molecular formula is C19H25N. The molecule has 0 amide bonds. The van der Waals surface area contributed by atoms with Gasteiger partial charge < -0.3 is 5.73 Å². The topological polar surface area (TPSA) is 26.0 Å². The number of benzene rings is 2. The van der Waals surface area contributed by atoms with E-state index in [-0.39, 0.29) is 0 Å². The van der Waals surface area contributed by atoms with E-state index in [9.17, 15) is 0 Å². The molecule has 106 valence electrons. The molecule has 1 heteroatoms. The van der Waals surface area contributed by atoms with E-state index in [4.69, 9.17) is 5.73 Å². The zero-order valence-corrected chi connectivity index (χ0v) is 12.4. The summed E-state index contributed by atoms with van der Waals surface area (Å²) >= 11 is 0. The highest BCUT2D eigenvalue weighted by Crippen LogP contribution is 2.17. The van der Waals surface area contributed by atoms with E-state index in [1.165, 1.54) is 29.5 Å². The van der Waals surface area contributed by atoms with E-state index in [0.29, 0.717) is 5.92 Å². The lowest BCUT2D eigenvalue weighted by Crippen LogP contribution is -2.17. The molecule has 0 fully saturated rings. The van der Waals surface area contributed by atoms with Crippen molar-refractivity contribution in [1.29, 1.82) is 0 Å². The van der Waals surface area contributed by atoms with E-state index >= 15 is 0 Å². The molecule has 2 rings (SSSR count). The molecule has 0 aromatic heterocycles. The van der Waals surface area contributed by atoms with Crippen LogP contribution in [0.1, 0.15) is 29.5 Å². The Labute approximate surface area is 122 Å². The fourth-order valence-corrected chi connectivity index (χ4v) is 2.69. The Morgan fingerprint density at radius 1 is 0.950 bits per heavy atom. The maximum atomic E-state index is 5.95. The SMILES string of the molecule is Cc1ccccc1CC(CN)CCCc1ccccc1. The summed E-state index contributed by atoms with van der Waals surface area (Å²) in [6.07, 6.45) is 4.70. The number of hydrogen-bond acceptors (Lipinski definition) is 1. The molecule has 0 saturated carbocycles. The van der Waals surface area contributed by atoms with Crippen molar-refractivity contribution >= 4 is 0 Å². The van der Waals surface area contributed by atoms with Gasteiger partial charge in [-0.05, 0) is 61.8 Å². The summed E-state index contributed by atoms with van der Waals surface area (Å²) in [6, 6.07) is 19.4. The molecular weight excluding hydrogens is 242 g/mol. The van der Waals surface area contributed by atoms with Crippen molar-refractivity contribution in [3.63, 3.8) is 0 Å². The van der Waals surface area contributed by atoms with Gasteiger partial charge in [0.05, 0.1) is 0 Å². The van der Waals surface area contributed by atoms with Crippen molar-refractivity contribution in [2.75, 3.05) is 6.54 Å². The van der Waals surface area contributed by atoms with Crippen molar-refractivity contribution in [3.8, 4) is 0 Å². The second-order valence-corrected chi connectivity index (χ2v) is 5.61. The van der Waals surface area contributed by atoms with E-state index in [0.717, 1.165) is 19.4 Å². The van der Waals surface area contributed by atoms with Crippen LogP contribution in [0.25, 0.3) is 0 Å². The Morgan fingerprint density at radius 3 is 2.35 bits per heavy atom. The number of rotatable bonds is 7. The fraction of sp³-hybridized carbons (Fsp3) is 0.368. The van der Waals surface area contributed by atoms with Crippen LogP contribution in [0.15, 0.2) is 54.6 Å². The van der Waals surface area contributed by atoms with Gasteiger partial charge in [0.15, 0.2) is 0 Å². The minimum Gasteiger partial charge on any atom is -0.330 e. The predicted molar refractivity (Wildman–Crippen MR) is 86.8 cm³/mol. The first-order valence-electron chi connectivity index (χ1n) is 7.58. The third-order valence-electron chi connectivity index (χ3n) is 4.02. The van der Waals surface area contributed by atoms with Crippen LogP contribution >= 0.6 is 0 Å². The van der Waals surface area contributed by atoms with Crippen LogP contribution in [0.3, 0.4) is 0 Å². The summed E-state index contributed by atoms with van der Waals surface area (Å²) in [7, 11) is 0. The third kappa shape index (κ3) is 4.50. The Hall–Kier alpha value is -1.60. The quantitative estimate of drug-likeness (QED) is 0.802. The average molecular weight is 267 g/mol. The average Bonchev–Trinajstić information content (AvgIpc) is 2.49. The molecule has 1 unspecified atom stereocenters. The zero-order valence-electron chi connectivity index (χ0n) is 12.4. The number of nitrogens with two attached hydrogens (primary N) is 1. The molecule has 2 aromatic carbocycles. The molecule has 0 radical (unpaired) electrons. The summed E-state index contributed by atoms with van der Waals surface area (Å²) < 4.78 is 0. The van der Waals surface area contributed by atoms with Gasteiger partial charge in [0, 0.05) is 0 Å². The van der Waals surface area contributed by atoms with Crippen LogP contribution in [-0.4, -0.2) is 6.54 Å². The van der Waals surface area contributed by atoms with Gasteiger partial charge in [0.2, 0.25) is 0 Å². The van der Waals surface area contributed by atoms with Gasteiger partial charge in [-0.15, -0.1) is 0 Å². The summed E-state index contributed by atoms with van der Waals surface area (Å²) in [5.74, 6) is 0.597. The monoisotopic (exact) mass is 267 g/mol. The Bertz CT molecular complexity index is 504. The summed E-state index contributed by atoms with van der Waals surface area (Å²) in [6.45, 7) is 2.97. The molecule has 0 saturated heterocycles. The first-order chi connectivity index (χ1) is 9.79. The predicted octanol–water partition coefficient (Wildman–Crippen LogP) is 4.14. The van der Waals surface area contributed by atoms with Gasteiger partial charge in [-0.1, -0.05) is 54.6 Å². The van der Waals surface area contributed by atoms with Crippen molar-refractivity contribution in [3.05, 3.63) is 71.3 Å². The molecule has 0 aliphatic rings. The van der Waals surface area contributed by atoms with Crippen LogP contribution in [0.5, 0.6) is 0 Å². The van der Waals surface area contributed by atoms with Gasteiger partial charge in [-0.2, -0.15) is 0 Å². The lowest BCUT2D eigenvalue weighted by Gasteiger charge is -2.16. The van der Waals surface area contributed by atoms with E-state index in [1.807, 2.05) is 0 Å². The highest BCUT2D eigenvalue weighted by molar-refractivity contribution is 5.26. The molecule has 2 aromatic rings. The molecule has 0 aliphatic carbocycles. The molecule has 0 bridgehead atoms. The summed E-state index contributed by atoms with van der Waals surface area (Å²) in [4.78, 5) is 0. The van der Waals surface area contributed by atoms with Crippen molar-refractivity contribution in [2.24, 2.45) is 11.7 Å².